The van der Waals surface area contributed by atoms with Gasteiger partial charge in [-0.1, -0.05) is 49.2 Å². The monoisotopic (exact) mass is 580 g/mol. The molecule has 2 amide bonds. The summed E-state index contributed by atoms with van der Waals surface area (Å²) in [4.78, 5) is 39.2. The van der Waals surface area contributed by atoms with Gasteiger partial charge >= 0.3 is 0 Å². The van der Waals surface area contributed by atoms with Gasteiger partial charge < -0.3 is 30.5 Å². The summed E-state index contributed by atoms with van der Waals surface area (Å²) in [6, 6.07) is 13.2. The molecule has 10 heteroatoms. The van der Waals surface area contributed by atoms with Gasteiger partial charge in [0.2, 0.25) is 11.8 Å². The molecular weight excluding hydrogens is 536 g/mol. The lowest BCUT2D eigenvalue weighted by molar-refractivity contribution is -0.144. The number of unbranched alkanes of at least 4 members (excludes halogenated alkanes) is 1. The van der Waals surface area contributed by atoms with Crippen molar-refractivity contribution in [1.82, 2.24) is 20.0 Å². The van der Waals surface area contributed by atoms with E-state index < -0.39 is 12.1 Å². The van der Waals surface area contributed by atoms with Crippen molar-refractivity contribution in [1.29, 1.82) is 0 Å². The zero-order valence-corrected chi connectivity index (χ0v) is 24.9. The lowest BCUT2D eigenvalue weighted by atomic mass is 10.0. The minimum Gasteiger partial charge on any atom is -0.455 e. The predicted octanol–water partition coefficient (Wildman–Crippen LogP) is 3.38. The molecule has 4 heterocycles. The van der Waals surface area contributed by atoms with Gasteiger partial charge in [0, 0.05) is 18.0 Å². The summed E-state index contributed by atoms with van der Waals surface area (Å²) in [5.74, 6) is -0.330. The molecule has 4 atom stereocenters. The topological polar surface area (TPSA) is 103 Å². The third-order valence-electron chi connectivity index (χ3n) is 8.37. The minimum atomic E-state index is -0.673. The summed E-state index contributed by atoms with van der Waals surface area (Å²) >= 11 is 1.60. The number of ether oxygens (including phenoxy) is 1. The van der Waals surface area contributed by atoms with Crippen LogP contribution in [0.25, 0.3) is 0 Å². The molecule has 3 aliphatic heterocycles. The van der Waals surface area contributed by atoms with E-state index in [4.69, 9.17) is 15.5 Å². The highest BCUT2D eigenvalue weighted by atomic mass is 32.1. The second kappa shape index (κ2) is 14.3. The van der Waals surface area contributed by atoms with Crippen molar-refractivity contribution in [3.05, 3.63) is 58.3 Å². The summed E-state index contributed by atoms with van der Waals surface area (Å²) in [6.45, 7) is 7.14. The van der Waals surface area contributed by atoms with Crippen LogP contribution in [0.1, 0.15) is 62.0 Å². The van der Waals surface area contributed by atoms with E-state index in [9.17, 15) is 9.59 Å². The highest BCUT2D eigenvalue weighted by molar-refractivity contribution is 7.09. The number of aliphatic imine (C=N–C) groups is 1. The van der Waals surface area contributed by atoms with Crippen LogP contribution < -0.4 is 11.1 Å². The molecular formula is C31H44N6O3S. The maximum atomic E-state index is 13.6. The zero-order valence-electron chi connectivity index (χ0n) is 24.1. The first-order valence-corrected chi connectivity index (χ1v) is 16.0. The number of hydrogen-bond donors (Lipinski definition) is 2. The second-order valence-corrected chi connectivity index (χ2v) is 12.4. The Labute approximate surface area is 247 Å². The highest BCUT2D eigenvalue weighted by Gasteiger charge is 2.40. The fourth-order valence-corrected chi connectivity index (χ4v) is 6.64. The number of thiophene rings is 1. The second-order valence-electron chi connectivity index (χ2n) is 11.4. The lowest BCUT2D eigenvalue weighted by Gasteiger charge is -2.41. The third kappa shape index (κ3) is 7.67. The molecule has 2 fully saturated rings. The maximum Gasteiger partial charge on any atom is 0.288 e. The Morgan fingerprint density at radius 1 is 1.07 bits per heavy atom. The molecule has 0 unspecified atom stereocenters. The number of nitrogens with two attached hydrogens (primary N) is 1. The van der Waals surface area contributed by atoms with Crippen LogP contribution >= 0.6 is 11.3 Å². The van der Waals surface area contributed by atoms with E-state index in [2.05, 4.69) is 10.2 Å². The van der Waals surface area contributed by atoms with Crippen LogP contribution in [0.5, 0.6) is 0 Å². The van der Waals surface area contributed by atoms with E-state index in [0.717, 1.165) is 29.8 Å². The fourth-order valence-electron chi connectivity index (χ4n) is 6.00. The number of benzene rings is 1. The van der Waals surface area contributed by atoms with Gasteiger partial charge in [-0.05, 0) is 69.3 Å². The number of carbonyl (C=O) groups excluding carboxylic acids is 2. The first-order valence-electron chi connectivity index (χ1n) is 15.1. The molecule has 9 nitrogen and oxygen atoms in total. The van der Waals surface area contributed by atoms with Gasteiger partial charge in [-0.15, -0.1) is 11.3 Å². The number of hydrogen-bond acceptors (Lipinski definition) is 8. The number of piperazine rings is 1. The van der Waals surface area contributed by atoms with Crippen LogP contribution in [-0.2, 0) is 20.9 Å². The Morgan fingerprint density at radius 3 is 2.63 bits per heavy atom. The molecule has 0 saturated carbocycles. The number of rotatable bonds is 10. The number of carbonyl (C=O) groups is 2. The van der Waals surface area contributed by atoms with E-state index >= 15 is 0 Å². The summed E-state index contributed by atoms with van der Waals surface area (Å²) in [7, 11) is 0. The maximum absolute atomic E-state index is 13.6. The van der Waals surface area contributed by atoms with Crippen LogP contribution in [0.15, 0.2) is 52.8 Å². The van der Waals surface area contributed by atoms with Gasteiger partial charge in [-0.3, -0.25) is 9.59 Å². The van der Waals surface area contributed by atoms with E-state index in [-0.39, 0.29) is 24.0 Å². The molecule has 5 rings (SSSR count). The normalized spacial score (nSPS) is 24.0. The smallest absolute Gasteiger partial charge is 0.288 e. The fraction of sp³-hybridized carbons (Fsp3) is 0.581. The summed E-state index contributed by atoms with van der Waals surface area (Å²) < 4.78 is 6.32. The van der Waals surface area contributed by atoms with E-state index in [1.807, 2.05) is 59.7 Å². The van der Waals surface area contributed by atoms with Crippen LogP contribution in [0.3, 0.4) is 0 Å². The van der Waals surface area contributed by atoms with Crippen molar-refractivity contribution in [2.75, 3.05) is 39.3 Å². The van der Waals surface area contributed by atoms with Gasteiger partial charge in [0.1, 0.15) is 12.1 Å². The first-order chi connectivity index (χ1) is 20.0. The Bertz CT molecular complexity index is 1150. The molecule has 222 valence electrons. The quantitative estimate of drug-likeness (QED) is 0.418. The average molecular weight is 581 g/mol. The van der Waals surface area contributed by atoms with Crippen LogP contribution in [0.4, 0.5) is 0 Å². The molecule has 0 aliphatic carbocycles. The predicted molar refractivity (Wildman–Crippen MR) is 163 cm³/mol. The number of amides is 2. The van der Waals surface area contributed by atoms with Crippen LogP contribution in [0.2, 0.25) is 0 Å². The van der Waals surface area contributed by atoms with E-state index in [0.29, 0.717) is 38.6 Å². The first kappa shape index (κ1) is 29.5. The van der Waals surface area contributed by atoms with Crippen molar-refractivity contribution >= 4 is 29.2 Å². The SMILES string of the molecule is C[C@@H]1N=C(N2CCN(C(=O)[C@H](N)CCCCN3CCCCC3)[C@H](C(=O)NCc3cccs3)C2)O[C@H]1c1ccccc1. The molecule has 1 aromatic heterocycles. The van der Waals surface area contributed by atoms with Crippen LogP contribution in [0, 0.1) is 0 Å². The molecule has 2 saturated heterocycles. The van der Waals surface area contributed by atoms with Crippen molar-refractivity contribution < 1.29 is 14.3 Å². The van der Waals surface area contributed by atoms with Gasteiger partial charge in [-0.25, -0.2) is 4.99 Å². The third-order valence-corrected chi connectivity index (χ3v) is 9.25. The summed E-state index contributed by atoms with van der Waals surface area (Å²) in [5, 5.41) is 5.04. The minimum absolute atomic E-state index is 0.0449. The molecule has 3 N–H and O–H groups in total. The Kier molecular flexibility index (Phi) is 10.3. The van der Waals surface area contributed by atoms with Crippen molar-refractivity contribution in [3.8, 4) is 0 Å². The van der Waals surface area contributed by atoms with Gasteiger partial charge in [-0.2, -0.15) is 0 Å². The van der Waals surface area contributed by atoms with Gasteiger partial charge in [0.15, 0.2) is 0 Å². The molecule has 0 bridgehead atoms. The molecule has 0 spiro atoms. The largest absolute Gasteiger partial charge is 0.455 e. The van der Waals surface area contributed by atoms with E-state index in [1.165, 1.54) is 32.4 Å². The molecule has 2 aromatic rings. The summed E-state index contributed by atoms with van der Waals surface area (Å²) in [6.07, 6.45) is 6.29. The highest BCUT2D eigenvalue weighted by Crippen LogP contribution is 2.30. The van der Waals surface area contributed by atoms with Gasteiger partial charge in [0.05, 0.1) is 25.2 Å². The Morgan fingerprint density at radius 2 is 1.88 bits per heavy atom. The number of nitrogens with zero attached hydrogens (tertiary/aromatic N) is 4. The molecule has 3 aliphatic rings. The zero-order chi connectivity index (χ0) is 28.6. The van der Waals surface area contributed by atoms with Gasteiger partial charge in [0.25, 0.3) is 6.02 Å². The number of piperidine rings is 1. The van der Waals surface area contributed by atoms with Crippen molar-refractivity contribution in [2.24, 2.45) is 10.7 Å². The molecule has 0 radical (unpaired) electrons. The van der Waals surface area contributed by atoms with Crippen LogP contribution in [-0.4, -0.2) is 89.9 Å². The number of nitrogens with one attached hydrogen (secondary N) is 1. The van der Waals surface area contributed by atoms with Crippen molar-refractivity contribution in [2.45, 2.75) is 76.2 Å². The molecule has 1 aromatic carbocycles. The lowest BCUT2D eigenvalue weighted by Crippen LogP contribution is -2.63. The Balaban J connectivity index is 1.20. The van der Waals surface area contributed by atoms with Crippen molar-refractivity contribution in [3.63, 3.8) is 0 Å². The number of amidine groups is 1. The Hall–Kier alpha value is -2.95. The average Bonchev–Trinajstić information content (AvgIpc) is 3.68. The number of likely N-dealkylation sites (tertiary alicyclic amines) is 1. The van der Waals surface area contributed by atoms with E-state index in [1.54, 1.807) is 16.2 Å². The molecule has 41 heavy (non-hydrogen) atoms. The summed E-state index contributed by atoms with van der Waals surface area (Å²) in [5.41, 5.74) is 7.51. The standard InChI is InChI=1S/C31H44N6O3S/c1-23-28(24-11-4-2-5-12-24)40-31(34-23)36-18-19-37(27(22-36)29(38)33-21-25-13-10-20-41-25)30(39)26(32)14-6-9-17-35-15-7-3-8-16-35/h2,4-5,10-13,20,23,26-28H,3,6-9,14-19,21-22,32H2,1H3,(H,33,38)/t23-,26+,27-,28+/m0/s1.